The summed E-state index contributed by atoms with van der Waals surface area (Å²) in [6.45, 7) is 4.63. The molecule has 0 spiro atoms. The lowest BCUT2D eigenvalue weighted by molar-refractivity contribution is -0.122. The number of amides is 1. The Morgan fingerprint density at radius 3 is 2.95 bits per heavy atom. The number of carbonyl (C=O) groups excluding carboxylic acids is 1. The van der Waals surface area contributed by atoms with Crippen molar-refractivity contribution in [3.05, 3.63) is 18.6 Å². The molecule has 6 nitrogen and oxygen atoms in total. The number of rotatable bonds is 3. The first-order valence-corrected chi connectivity index (χ1v) is 7.20. The van der Waals surface area contributed by atoms with Crippen LogP contribution in [-0.4, -0.2) is 60.5 Å². The molecule has 1 N–H and O–H groups in total. The molecule has 3 heterocycles. The van der Waals surface area contributed by atoms with Crippen molar-refractivity contribution in [2.24, 2.45) is 11.8 Å². The molecule has 1 aromatic heterocycles. The van der Waals surface area contributed by atoms with Crippen LogP contribution >= 0.6 is 0 Å². The number of piperidine rings is 1. The van der Waals surface area contributed by atoms with E-state index in [0.717, 1.165) is 37.9 Å². The summed E-state index contributed by atoms with van der Waals surface area (Å²) in [5, 5.41) is 2.70. The standard InChI is InChI=1S/C14H21N5O/c1-15-14(20)10-18-5-2-11-8-19(9-12(11)7-18)13-6-16-3-4-17-13/h3-4,6,11-12H,2,5,7-10H2,1H3,(H,15,20)/t11-,12+/m0/s1. The number of carbonyl (C=O) groups is 1. The maximum Gasteiger partial charge on any atom is 0.233 e. The zero-order valence-corrected chi connectivity index (χ0v) is 11.8. The second-order valence-corrected chi connectivity index (χ2v) is 5.69. The van der Waals surface area contributed by atoms with Crippen molar-refractivity contribution in [2.45, 2.75) is 6.42 Å². The fraction of sp³-hybridized carbons (Fsp3) is 0.643. The highest BCUT2D eigenvalue weighted by Gasteiger charge is 2.37. The van der Waals surface area contributed by atoms with Gasteiger partial charge in [0.1, 0.15) is 5.82 Å². The molecule has 2 aliphatic heterocycles. The number of anilines is 1. The van der Waals surface area contributed by atoms with Gasteiger partial charge in [-0.3, -0.25) is 14.7 Å². The first kappa shape index (κ1) is 13.3. The molecule has 1 aromatic rings. The van der Waals surface area contributed by atoms with Crippen LogP contribution < -0.4 is 10.2 Å². The van der Waals surface area contributed by atoms with Crippen LogP contribution in [0.4, 0.5) is 5.82 Å². The van der Waals surface area contributed by atoms with Crippen LogP contribution in [-0.2, 0) is 4.79 Å². The van der Waals surface area contributed by atoms with Crippen LogP contribution in [0.3, 0.4) is 0 Å². The molecule has 20 heavy (non-hydrogen) atoms. The van der Waals surface area contributed by atoms with Crippen LogP contribution in [0.5, 0.6) is 0 Å². The molecule has 0 saturated carbocycles. The second kappa shape index (κ2) is 5.75. The Labute approximate surface area is 119 Å². The lowest BCUT2D eigenvalue weighted by Crippen LogP contribution is -2.44. The van der Waals surface area contributed by atoms with E-state index in [1.807, 2.05) is 6.20 Å². The second-order valence-electron chi connectivity index (χ2n) is 5.69. The summed E-state index contributed by atoms with van der Waals surface area (Å²) < 4.78 is 0. The van der Waals surface area contributed by atoms with Gasteiger partial charge in [0.05, 0.1) is 12.7 Å². The van der Waals surface area contributed by atoms with E-state index in [1.165, 1.54) is 6.42 Å². The molecule has 3 rings (SSSR count). The average molecular weight is 275 g/mol. The summed E-state index contributed by atoms with van der Waals surface area (Å²) >= 11 is 0. The predicted molar refractivity (Wildman–Crippen MR) is 76.3 cm³/mol. The van der Waals surface area contributed by atoms with Gasteiger partial charge in [0.25, 0.3) is 0 Å². The van der Waals surface area contributed by atoms with Gasteiger partial charge in [-0.25, -0.2) is 4.98 Å². The normalized spacial score (nSPS) is 26.4. The lowest BCUT2D eigenvalue weighted by atomic mass is 9.89. The Morgan fingerprint density at radius 1 is 1.35 bits per heavy atom. The van der Waals surface area contributed by atoms with Crippen molar-refractivity contribution >= 4 is 11.7 Å². The Balaban J connectivity index is 1.60. The van der Waals surface area contributed by atoms with E-state index in [1.54, 1.807) is 19.4 Å². The number of hydrogen-bond donors (Lipinski definition) is 1. The van der Waals surface area contributed by atoms with E-state index in [-0.39, 0.29) is 5.91 Å². The molecule has 0 unspecified atom stereocenters. The topological polar surface area (TPSA) is 61.4 Å². The maximum absolute atomic E-state index is 11.5. The smallest absolute Gasteiger partial charge is 0.233 e. The largest absolute Gasteiger partial charge is 0.358 e. The van der Waals surface area contributed by atoms with E-state index in [0.29, 0.717) is 12.5 Å². The molecule has 0 radical (unpaired) electrons. The quantitative estimate of drug-likeness (QED) is 0.840. The van der Waals surface area contributed by atoms with Gasteiger partial charge in [-0.05, 0) is 24.8 Å². The van der Waals surface area contributed by atoms with Gasteiger partial charge >= 0.3 is 0 Å². The fourth-order valence-electron chi connectivity index (χ4n) is 3.31. The maximum atomic E-state index is 11.5. The van der Waals surface area contributed by atoms with Crippen LogP contribution in [0.15, 0.2) is 18.6 Å². The van der Waals surface area contributed by atoms with E-state index in [4.69, 9.17) is 0 Å². The first-order valence-electron chi connectivity index (χ1n) is 7.20. The van der Waals surface area contributed by atoms with Crippen molar-refractivity contribution < 1.29 is 4.79 Å². The minimum atomic E-state index is 0.104. The van der Waals surface area contributed by atoms with Crippen molar-refractivity contribution in [3.8, 4) is 0 Å². The Morgan fingerprint density at radius 2 is 2.20 bits per heavy atom. The number of nitrogens with zero attached hydrogens (tertiary/aromatic N) is 4. The molecule has 2 aliphatic rings. The summed E-state index contributed by atoms with van der Waals surface area (Å²) in [5.74, 6) is 2.43. The van der Waals surface area contributed by atoms with Crippen LogP contribution in [0, 0.1) is 11.8 Å². The number of nitrogens with one attached hydrogen (secondary N) is 1. The number of likely N-dealkylation sites (tertiary alicyclic amines) is 1. The SMILES string of the molecule is CNC(=O)CN1CC[C@H]2CN(c3cnccn3)C[C@H]2C1. The third-order valence-electron chi connectivity index (χ3n) is 4.40. The van der Waals surface area contributed by atoms with E-state index >= 15 is 0 Å². The van der Waals surface area contributed by atoms with Gasteiger partial charge in [0.2, 0.25) is 5.91 Å². The number of fused-ring (bicyclic) bond motifs is 1. The zero-order valence-electron chi connectivity index (χ0n) is 11.8. The van der Waals surface area contributed by atoms with Gasteiger partial charge < -0.3 is 10.2 Å². The van der Waals surface area contributed by atoms with Gasteiger partial charge in [0.15, 0.2) is 0 Å². The summed E-state index contributed by atoms with van der Waals surface area (Å²) in [4.78, 5) is 24.6. The summed E-state index contributed by atoms with van der Waals surface area (Å²) in [6, 6.07) is 0. The Hall–Kier alpha value is -1.69. The van der Waals surface area contributed by atoms with Gasteiger partial charge in [-0.15, -0.1) is 0 Å². The summed E-state index contributed by atoms with van der Waals surface area (Å²) in [7, 11) is 1.69. The van der Waals surface area contributed by atoms with Gasteiger partial charge in [-0.2, -0.15) is 0 Å². The molecular weight excluding hydrogens is 254 g/mol. The molecular formula is C14H21N5O. The molecule has 6 heteroatoms. The highest BCUT2D eigenvalue weighted by Crippen LogP contribution is 2.32. The van der Waals surface area contributed by atoms with Gasteiger partial charge in [0, 0.05) is 39.1 Å². The highest BCUT2D eigenvalue weighted by molar-refractivity contribution is 5.77. The fourth-order valence-corrected chi connectivity index (χ4v) is 3.31. The Bertz CT molecular complexity index is 466. The Kier molecular flexibility index (Phi) is 3.82. The minimum Gasteiger partial charge on any atom is -0.358 e. The average Bonchev–Trinajstić information content (AvgIpc) is 2.91. The van der Waals surface area contributed by atoms with Gasteiger partial charge in [-0.1, -0.05) is 0 Å². The van der Waals surface area contributed by atoms with Crippen molar-refractivity contribution in [1.29, 1.82) is 0 Å². The third kappa shape index (κ3) is 2.75. The lowest BCUT2D eigenvalue weighted by Gasteiger charge is -2.33. The van der Waals surface area contributed by atoms with Crippen molar-refractivity contribution in [1.82, 2.24) is 20.2 Å². The highest BCUT2D eigenvalue weighted by atomic mass is 16.1. The molecule has 0 aliphatic carbocycles. The monoisotopic (exact) mass is 275 g/mol. The number of hydrogen-bond acceptors (Lipinski definition) is 5. The molecule has 0 bridgehead atoms. The molecule has 108 valence electrons. The van der Waals surface area contributed by atoms with Crippen LogP contribution in [0.2, 0.25) is 0 Å². The number of likely N-dealkylation sites (N-methyl/N-ethyl adjacent to an activating group) is 1. The first-order chi connectivity index (χ1) is 9.76. The van der Waals surface area contributed by atoms with Crippen molar-refractivity contribution in [2.75, 3.05) is 44.7 Å². The van der Waals surface area contributed by atoms with Crippen LogP contribution in [0.25, 0.3) is 0 Å². The third-order valence-corrected chi connectivity index (χ3v) is 4.40. The van der Waals surface area contributed by atoms with E-state index in [9.17, 15) is 4.79 Å². The summed E-state index contributed by atoms with van der Waals surface area (Å²) in [5.41, 5.74) is 0. The molecule has 2 saturated heterocycles. The zero-order chi connectivity index (χ0) is 13.9. The number of aromatic nitrogens is 2. The van der Waals surface area contributed by atoms with Crippen molar-refractivity contribution in [3.63, 3.8) is 0 Å². The predicted octanol–water partition coefficient (Wildman–Crippen LogP) is -0.0193. The molecule has 2 fully saturated rings. The minimum absolute atomic E-state index is 0.104. The van der Waals surface area contributed by atoms with Crippen LogP contribution in [0.1, 0.15) is 6.42 Å². The molecule has 0 aromatic carbocycles. The molecule has 1 amide bonds. The van der Waals surface area contributed by atoms with E-state index < -0.39 is 0 Å². The molecule has 2 atom stereocenters. The van der Waals surface area contributed by atoms with E-state index in [2.05, 4.69) is 25.1 Å². The summed E-state index contributed by atoms with van der Waals surface area (Å²) in [6.07, 6.45) is 6.45.